The van der Waals surface area contributed by atoms with Crippen molar-refractivity contribution in [3.63, 3.8) is 0 Å². The summed E-state index contributed by atoms with van der Waals surface area (Å²) >= 11 is 0. The molecular formula is C15H20F3N. The topological polar surface area (TPSA) is 12.0 Å². The van der Waals surface area contributed by atoms with E-state index >= 15 is 0 Å². The quantitative estimate of drug-likeness (QED) is 0.767. The summed E-state index contributed by atoms with van der Waals surface area (Å²) in [5, 5.41) is 3.24. The smallest absolute Gasteiger partial charge is 0.161 e. The first kappa shape index (κ1) is 15.8. The van der Waals surface area contributed by atoms with Gasteiger partial charge in [-0.15, -0.1) is 0 Å². The standard InChI is InChI=1S/C15H20F3N/c1-4-11(9-19-8-10(2)3)5-12-6-14(17)15(18)7-13(12)16/h5-7,10,19H,4,8-9H2,1-3H3/b11-5-. The fraction of sp³-hybridized carbons (Fsp3) is 0.467. The van der Waals surface area contributed by atoms with E-state index in [0.717, 1.165) is 24.6 Å². The van der Waals surface area contributed by atoms with E-state index in [1.54, 1.807) is 6.08 Å². The van der Waals surface area contributed by atoms with Gasteiger partial charge in [0, 0.05) is 18.2 Å². The summed E-state index contributed by atoms with van der Waals surface area (Å²) < 4.78 is 39.4. The maximum atomic E-state index is 13.5. The molecule has 0 aromatic heterocycles. The molecule has 0 spiro atoms. The van der Waals surface area contributed by atoms with E-state index in [1.807, 2.05) is 6.92 Å². The fourth-order valence-corrected chi connectivity index (χ4v) is 1.67. The summed E-state index contributed by atoms with van der Waals surface area (Å²) in [7, 11) is 0. The second kappa shape index (κ2) is 7.34. The number of nitrogens with one attached hydrogen (secondary N) is 1. The molecule has 19 heavy (non-hydrogen) atoms. The average Bonchev–Trinajstić information content (AvgIpc) is 2.33. The Morgan fingerprint density at radius 1 is 1.16 bits per heavy atom. The van der Waals surface area contributed by atoms with Crippen molar-refractivity contribution < 1.29 is 13.2 Å². The molecular weight excluding hydrogens is 251 g/mol. The number of hydrogen-bond donors (Lipinski definition) is 1. The fourth-order valence-electron chi connectivity index (χ4n) is 1.67. The van der Waals surface area contributed by atoms with Crippen molar-refractivity contribution in [1.82, 2.24) is 5.32 Å². The van der Waals surface area contributed by atoms with Crippen molar-refractivity contribution in [2.45, 2.75) is 27.2 Å². The van der Waals surface area contributed by atoms with Crippen LogP contribution in [0.4, 0.5) is 13.2 Å². The molecule has 1 nitrogen and oxygen atoms in total. The summed E-state index contributed by atoms with van der Waals surface area (Å²) in [4.78, 5) is 0. The molecule has 1 N–H and O–H groups in total. The summed E-state index contributed by atoms with van der Waals surface area (Å²) in [5.41, 5.74) is 1.03. The molecule has 1 aromatic carbocycles. The first-order chi connectivity index (χ1) is 8.93. The number of rotatable bonds is 6. The molecule has 0 unspecified atom stereocenters. The zero-order valence-electron chi connectivity index (χ0n) is 11.6. The predicted molar refractivity (Wildman–Crippen MR) is 72.3 cm³/mol. The van der Waals surface area contributed by atoms with E-state index in [-0.39, 0.29) is 5.56 Å². The second-order valence-electron chi connectivity index (χ2n) is 4.97. The highest BCUT2D eigenvalue weighted by Crippen LogP contribution is 2.17. The third-order valence-corrected chi connectivity index (χ3v) is 2.76. The van der Waals surface area contributed by atoms with Crippen LogP contribution in [-0.4, -0.2) is 13.1 Å². The highest BCUT2D eigenvalue weighted by atomic mass is 19.2. The zero-order chi connectivity index (χ0) is 14.4. The molecule has 0 saturated heterocycles. The Hall–Kier alpha value is -1.29. The van der Waals surface area contributed by atoms with Gasteiger partial charge in [0.15, 0.2) is 11.6 Å². The Morgan fingerprint density at radius 2 is 1.79 bits per heavy atom. The largest absolute Gasteiger partial charge is 0.313 e. The van der Waals surface area contributed by atoms with Crippen molar-refractivity contribution in [3.8, 4) is 0 Å². The van der Waals surface area contributed by atoms with Crippen LogP contribution in [0.15, 0.2) is 17.7 Å². The van der Waals surface area contributed by atoms with Crippen molar-refractivity contribution in [2.75, 3.05) is 13.1 Å². The molecule has 0 atom stereocenters. The van der Waals surface area contributed by atoms with E-state index in [2.05, 4.69) is 19.2 Å². The van der Waals surface area contributed by atoms with Crippen LogP contribution < -0.4 is 5.32 Å². The van der Waals surface area contributed by atoms with Gasteiger partial charge < -0.3 is 5.32 Å². The molecule has 0 saturated carbocycles. The molecule has 0 heterocycles. The van der Waals surface area contributed by atoms with E-state index < -0.39 is 17.5 Å². The van der Waals surface area contributed by atoms with Gasteiger partial charge in [0.25, 0.3) is 0 Å². The lowest BCUT2D eigenvalue weighted by Gasteiger charge is -2.10. The van der Waals surface area contributed by atoms with Crippen molar-refractivity contribution in [2.24, 2.45) is 5.92 Å². The van der Waals surface area contributed by atoms with Gasteiger partial charge in [-0.2, -0.15) is 0 Å². The Morgan fingerprint density at radius 3 is 2.37 bits per heavy atom. The van der Waals surface area contributed by atoms with Gasteiger partial charge in [0.1, 0.15) is 5.82 Å². The second-order valence-corrected chi connectivity index (χ2v) is 4.97. The normalized spacial score (nSPS) is 12.3. The highest BCUT2D eigenvalue weighted by Gasteiger charge is 2.08. The van der Waals surface area contributed by atoms with Crippen LogP contribution in [0.2, 0.25) is 0 Å². The third kappa shape index (κ3) is 5.07. The Labute approximate surface area is 112 Å². The summed E-state index contributed by atoms with van der Waals surface area (Å²) in [5.74, 6) is -2.41. The molecule has 0 radical (unpaired) electrons. The van der Waals surface area contributed by atoms with Crippen molar-refractivity contribution >= 4 is 6.08 Å². The van der Waals surface area contributed by atoms with Gasteiger partial charge in [-0.05, 0) is 24.9 Å². The van der Waals surface area contributed by atoms with E-state index in [4.69, 9.17) is 0 Å². The number of benzene rings is 1. The summed E-state index contributed by atoms with van der Waals surface area (Å²) in [6, 6.07) is 1.47. The van der Waals surface area contributed by atoms with Crippen LogP contribution >= 0.6 is 0 Å². The van der Waals surface area contributed by atoms with Crippen molar-refractivity contribution in [3.05, 3.63) is 40.7 Å². The molecule has 0 aliphatic rings. The van der Waals surface area contributed by atoms with Gasteiger partial charge >= 0.3 is 0 Å². The van der Waals surface area contributed by atoms with Gasteiger partial charge in [0.05, 0.1) is 0 Å². The van der Waals surface area contributed by atoms with Gasteiger partial charge in [-0.25, -0.2) is 13.2 Å². The summed E-state index contributed by atoms with van der Waals surface area (Å²) in [6.45, 7) is 7.61. The molecule has 0 fully saturated rings. The minimum absolute atomic E-state index is 0.0853. The molecule has 4 heteroatoms. The van der Waals surface area contributed by atoms with Gasteiger partial charge in [-0.1, -0.05) is 32.4 Å². The molecule has 0 amide bonds. The lowest BCUT2D eigenvalue weighted by molar-refractivity contribution is 0.494. The van der Waals surface area contributed by atoms with Crippen LogP contribution in [0, 0.1) is 23.4 Å². The van der Waals surface area contributed by atoms with Crippen LogP contribution in [0.1, 0.15) is 32.8 Å². The minimum atomic E-state index is -1.16. The first-order valence-electron chi connectivity index (χ1n) is 6.48. The maximum Gasteiger partial charge on any atom is 0.161 e. The van der Waals surface area contributed by atoms with E-state index in [0.29, 0.717) is 18.5 Å². The molecule has 106 valence electrons. The first-order valence-corrected chi connectivity index (χ1v) is 6.48. The van der Waals surface area contributed by atoms with Crippen molar-refractivity contribution in [1.29, 1.82) is 0 Å². The van der Waals surface area contributed by atoms with Crippen LogP contribution in [0.5, 0.6) is 0 Å². The monoisotopic (exact) mass is 271 g/mol. The molecule has 0 aliphatic heterocycles. The molecule has 0 aliphatic carbocycles. The maximum absolute atomic E-state index is 13.5. The lowest BCUT2D eigenvalue weighted by Crippen LogP contribution is -2.21. The molecule has 0 bridgehead atoms. The minimum Gasteiger partial charge on any atom is -0.313 e. The lowest BCUT2D eigenvalue weighted by atomic mass is 10.1. The van der Waals surface area contributed by atoms with E-state index in [1.165, 1.54) is 0 Å². The Kier molecular flexibility index (Phi) is 6.09. The van der Waals surface area contributed by atoms with Crippen LogP contribution in [0.3, 0.4) is 0 Å². The highest BCUT2D eigenvalue weighted by molar-refractivity contribution is 5.54. The SMILES string of the molecule is CC/C(=C/c1cc(F)c(F)cc1F)CNCC(C)C. The summed E-state index contributed by atoms with van der Waals surface area (Å²) in [6.07, 6.45) is 2.30. The van der Waals surface area contributed by atoms with Crippen LogP contribution in [-0.2, 0) is 0 Å². The molecule has 1 rings (SSSR count). The van der Waals surface area contributed by atoms with Gasteiger partial charge in [-0.3, -0.25) is 0 Å². The third-order valence-electron chi connectivity index (χ3n) is 2.76. The van der Waals surface area contributed by atoms with Gasteiger partial charge in [0.2, 0.25) is 0 Å². The number of halogens is 3. The van der Waals surface area contributed by atoms with Crippen LogP contribution in [0.25, 0.3) is 6.08 Å². The number of hydrogen-bond acceptors (Lipinski definition) is 1. The Balaban J connectivity index is 2.82. The Bertz CT molecular complexity index is 453. The average molecular weight is 271 g/mol. The predicted octanol–water partition coefficient (Wildman–Crippen LogP) is 4.14. The zero-order valence-corrected chi connectivity index (χ0v) is 11.6. The van der Waals surface area contributed by atoms with E-state index in [9.17, 15) is 13.2 Å². The molecule has 1 aromatic rings.